The van der Waals surface area contributed by atoms with Gasteiger partial charge in [0.2, 0.25) is 0 Å². The van der Waals surface area contributed by atoms with Crippen molar-refractivity contribution in [2.24, 2.45) is 0 Å². The monoisotopic (exact) mass is 173 g/mol. The van der Waals surface area contributed by atoms with Crippen LogP contribution in [0.4, 0.5) is 0 Å². The minimum Gasteiger partial charge on any atom is -0.378 e. The average molecular weight is 173 g/mol. The molecule has 2 atom stereocenters. The van der Waals surface area contributed by atoms with Crippen molar-refractivity contribution in [1.82, 2.24) is 4.90 Å². The van der Waals surface area contributed by atoms with Gasteiger partial charge in [0.25, 0.3) is 0 Å². The van der Waals surface area contributed by atoms with Crippen molar-refractivity contribution in [3.63, 3.8) is 0 Å². The van der Waals surface area contributed by atoms with E-state index in [1.165, 1.54) is 0 Å². The maximum absolute atomic E-state index is 9.74. The topological polar surface area (TPSA) is 23.5 Å². The second-order valence-corrected chi connectivity index (χ2v) is 3.36. The van der Waals surface area contributed by atoms with Crippen LogP contribution in [-0.4, -0.2) is 28.8 Å². The quantitative estimate of drug-likeness (QED) is 0.623. The van der Waals surface area contributed by atoms with Crippen LogP contribution in [0.1, 0.15) is 47.0 Å². The maximum Gasteiger partial charge on any atom is 0.107 e. The highest BCUT2D eigenvalue weighted by Crippen LogP contribution is 2.10. The van der Waals surface area contributed by atoms with Crippen LogP contribution in [-0.2, 0) is 0 Å². The fraction of sp³-hybridized carbons (Fsp3) is 1.00. The fourth-order valence-corrected chi connectivity index (χ4v) is 1.47. The molecule has 0 bridgehead atoms. The van der Waals surface area contributed by atoms with E-state index < -0.39 is 0 Å². The Morgan fingerprint density at radius 3 is 2.17 bits per heavy atom. The summed E-state index contributed by atoms with van der Waals surface area (Å²) in [5, 5.41) is 9.74. The Morgan fingerprint density at radius 1 is 1.25 bits per heavy atom. The molecule has 1 N–H and O–H groups in total. The van der Waals surface area contributed by atoms with E-state index in [1.54, 1.807) is 0 Å². The number of hydrogen-bond donors (Lipinski definition) is 1. The summed E-state index contributed by atoms with van der Waals surface area (Å²) in [5.74, 6) is 0. The molecule has 0 aromatic rings. The summed E-state index contributed by atoms with van der Waals surface area (Å²) < 4.78 is 0. The zero-order chi connectivity index (χ0) is 9.56. The van der Waals surface area contributed by atoms with Gasteiger partial charge >= 0.3 is 0 Å². The molecule has 0 heterocycles. The smallest absolute Gasteiger partial charge is 0.107 e. The van der Waals surface area contributed by atoms with Crippen molar-refractivity contribution in [2.45, 2.75) is 59.2 Å². The van der Waals surface area contributed by atoms with E-state index in [1.807, 2.05) is 0 Å². The van der Waals surface area contributed by atoms with Gasteiger partial charge in [-0.1, -0.05) is 27.2 Å². The zero-order valence-corrected chi connectivity index (χ0v) is 8.88. The first-order valence-electron chi connectivity index (χ1n) is 5.11. The summed E-state index contributed by atoms with van der Waals surface area (Å²) in [6.07, 6.45) is 2.80. The van der Waals surface area contributed by atoms with Crippen molar-refractivity contribution >= 4 is 0 Å². The zero-order valence-electron chi connectivity index (χ0n) is 8.88. The molecule has 0 spiro atoms. The predicted molar refractivity (Wildman–Crippen MR) is 53.0 cm³/mol. The van der Waals surface area contributed by atoms with Gasteiger partial charge in [-0.15, -0.1) is 0 Å². The van der Waals surface area contributed by atoms with Gasteiger partial charge in [-0.25, -0.2) is 0 Å². The molecule has 0 saturated heterocycles. The van der Waals surface area contributed by atoms with Crippen molar-refractivity contribution in [3.05, 3.63) is 0 Å². The largest absolute Gasteiger partial charge is 0.378 e. The molecule has 0 fully saturated rings. The van der Waals surface area contributed by atoms with E-state index in [-0.39, 0.29) is 6.23 Å². The fourth-order valence-electron chi connectivity index (χ4n) is 1.47. The van der Waals surface area contributed by atoms with Crippen molar-refractivity contribution < 1.29 is 5.11 Å². The predicted octanol–water partition coefficient (Wildman–Crippen LogP) is 2.23. The van der Waals surface area contributed by atoms with Gasteiger partial charge in [0.1, 0.15) is 6.23 Å². The third-order valence-corrected chi connectivity index (χ3v) is 2.45. The molecule has 2 heteroatoms. The first-order valence-corrected chi connectivity index (χ1v) is 5.11. The molecule has 0 aromatic heterocycles. The van der Waals surface area contributed by atoms with Crippen LogP contribution >= 0.6 is 0 Å². The normalized spacial score (nSPS) is 16.5. The molecule has 0 radical (unpaired) electrons. The van der Waals surface area contributed by atoms with E-state index >= 15 is 0 Å². The molecule has 74 valence electrons. The molecule has 2 unspecified atom stereocenters. The van der Waals surface area contributed by atoms with Crippen LogP contribution < -0.4 is 0 Å². The van der Waals surface area contributed by atoms with Crippen LogP contribution in [0.25, 0.3) is 0 Å². The van der Waals surface area contributed by atoms with Crippen LogP contribution in [0, 0.1) is 0 Å². The lowest BCUT2D eigenvalue weighted by atomic mass is 10.2. The highest BCUT2D eigenvalue weighted by molar-refractivity contribution is 4.66. The molecule has 0 aliphatic rings. The number of rotatable bonds is 6. The van der Waals surface area contributed by atoms with Gasteiger partial charge in [0, 0.05) is 6.04 Å². The number of nitrogens with zero attached hydrogens (tertiary/aromatic N) is 1. The van der Waals surface area contributed by atoms with E-state index in [0.29, 0.717) is 6.04 Å². The Labute approximate surface area is 76.6 Å². The van der Waals surface area contributed by atoms with Gasteiger partial charge < -0.3 is 5.11 Å². The second kappa shape index (κ2) is 6.44. The Morgan fingerprint density at radius 2 is 1.83 bits per heavy atom. The Balaban J connectivity index is 3.94. The summed E-state index contributed by atoms with van der Waals surface area (Å²) in [6, 6.07) is 0.497. The van der Waals surface area contributed by atoms with Crippen LogP contribution in [0.3, 0.4) is 0 Å². The minimum absolute atomic E-state index is 0.241. The Hall–Kier alpha value is -0.0800. The molecule has 12 heavy (non-hydrogen) atoms. The summed E-state index contributed by atoms with van der Waals surface area (Å²) in [7, 11) is 0. The lowest BCUT2D eigenvalue weighted by molar-refractivity contribution is -0.0238. The van der Waals surface area contributed by atoms with E-state index in [4.69, 9.17) is 0 Å². The van der Waals surface area contributed by atoms with Gasteiger partial charge in [-0.05, 0) is 26.3 Å². The summed E-state index contributed by atoms with van der Waals surface area (Å²) >= 11 is 0. The van der Waals surface area contributed by atoms with Crippen molar-refractivity contribution in [1.29, 1.82) is 0 Å². The Kier molecular flexibility index (Phi) is 6.39. The number of aliphatic hydroxyl groups is 1. The molecule has 0 aliphatic carbocycles. The molecular formula is C10H23NO. The lowest BCUT2D eigenvalue weighted by Crippen LogP contribution is -2.41. The average Bonchev–Trinajstić information content (AvgIpc) is 2.06. The van der Waals surface area contributed by atoms with Gasteiger partial charge in [-0.3, -0.25) is 4.90 Å². The number of aliphatic hydroxyl groups excluding tert-OH is 1. The molecule has 0 aliphatic heterocycles. The van der Waals surface area contributed by atoms with Gasteiger partial charge in [-0.2, -0.15) is 0 Å². The number of hydrogen-bond acceptors (Lipinski definition) is 2. The van der Waals surface area contributed by atoms with Crippen LogP contribution in [0.15, 0.2) is 0 Å². The molecule has 2 nitrogen and oxygen atoms in total. The highest BCUT2D eigenvalue weighted by Gasteiger charge is 2.17. The van der Waals surface area contributed by atoms with Crippen LogP contribution in [0.2, 0.25) is 0 Å². The Bertz CT molecular complexity index is 106. The molecule has 0 amide bonds. The third-order valence-electron chi connectivity index (χ3n) is 2.45. The van der Waals surface area contributed by atoms with Crippen molar-refractivity contribution in [2.75, 3.05) is 6.54 Å². The summed E-state index contributed by atoms with van der Waals surface area (Å²) in [6.45, 7) is 9.48. The molecule has 0 rings (SSSR count). The SMILES string of the molecule is CCCC(O)N(CC)C(C)CC. The first kappa shape index (κ1) is 11.9. The summed E-state index contributed by atoms with van der Waals surface area (Å²) in [4.78, 5) is 2.16. The molecular weight excluding hydrogens is 150 g/mol. The van der Waals surface area contributed by atoms with E-state index in [9.17, 15) is 5.11 Å². The van der Waals surface area contributed by atoms with Gasteiger partial charge in [0.15, 0.2) is 0 Å². The van der Waals surface area contributed by atoms with Gasteiger partial charge in [0.05, 0.1) is 0 Å². The summed E-state index contributed by atoms with van der Waals surface area (Å²) in [5.41, 5.74) is 0. The lowest BCUT2D eigenvalue weighted by Gasteiger charge is -2.31. The molecule has 0 saturated carbocycles. The maximum atomic E-state index is 9.74. The van der Waals surface area contributed by atoms with E-state index in [2.05, 4.69) is 32.6 Å². The van der Waals surface area contributed by atoms with Crippen molar-refractivity contribution in [3.8, 4) is 0 Å². The molecule has 0 aromatic carbocycles. The minimum atomic E-state index is -0.241. The van der Waals surface area contributed by atoms with Crippen LogP contribution in [0.5, 0.6) is 0 Å². The van der Waals surface area contributed by atoms with E-state index in [0.717, 1.165) is 25.8 Å². The second-order valence-electron chi connectivity index (χ2n) is 3.36. The third kappa shape index (κ3) is 3.55. The highest BCUT2D eigenvalue weighted by atomic mass is 16.3. The first-order chi connectivity index (χ1) is 5.67. The standard InChI is InChI=1S/C10H23NO/c1-5-8-10(12)11(7-3)9(4)6-2/h9-10,12H,5-8H2,1-4H3.